The van der Waals surface area contributed by atoms with Crippen molar-refractivity contribution in [2.75, 3.05) is 19.6 Å². The van der Waals surface area contributed by atoms with E-state index in [1.807, 2.05) is 0 Å². The van der Waals surface area contributed by atoms with Gasteiger partial charge < -0.3 is 14.8 Å². The lowest BCUT2D eigenvalue weighted by molar-refractivity contribution is -0.143. The molecule has 0 aromatic rings. The Morgan fingerprint density at radius 2 is 1.77 bits per heavy atom. The quantitative estimate of drug-likeness (QED) is 0.568. The third kappa shape index (κ3) is 10.2. The van der Waals surface area contributed by atoms with Crippen LogP contribution in [0.5, 0.6) is 0 Å². The molecule has 0 spiro atoms. The van der Waals surface area contributed by atoms with Gasteiger partial charge in [-0.15, -0.1) is 0 Å². The minimum absolute atomic E-state index is 0.0335. The van der Waals surface area contributed by atoms with Gasteiger partial charge in [0.2, 0.25) is 0 Å². The molecule has 8 heteroatoms. The predicted octanol–water partition coefficient (Wildman–Crippen LogP) is 0.748. The summed E-state index contributed by atoms with van der Waals surface area (Å²) in [7, 11) is -1.11. The van der Waals surface area contributed by atoms with E-state index in [1.54, 1.807) is 20.8 Å². The van der Waals surface area contributed by atoms with Crippen LogP contribution in [0.4, 0.5) is 4.79 Å². The Bertz CT molecular complexity index is 532. The van der Waals surface area contributed by atoms with Gasteiger partial charge in [-0.05, 0) is 36.7 Å². The second-order valence-electron chi connectivity index (χ2n) is 6.15. The molecular formula is C14H25NO6S. The fourth-order valence-corrected chi connectivity index (χ4v) is 2.25. The van der Waals surface area contributed by atoms with Gasteiger partial charge in [-0.3, -0.25) is 9.00 Å². The average Bonchev–Trinajstić information content (AvgIpc) is 2.28. The zero-order chi connectivity index (χ0) is 17.6. The zero-order valence-corrected chi connectivity index (χ0v) is 14.7. The summed E-state index contributed by atoms with van der Waals surface area (Å²) in [6.07, 6.45) is 2.13. The van der Waals surface area contributed by atoms with Crippen LogP contribution in [-0.4, -0.2) is 58.7 Å². The number of hydrogen-bond acceptors (Lipinski definition) is 6. The second-order valence-corrected chi connectivity index (χ2v) is 9.01. The number of ether oxygens (including phenoxy) is 2. The molecule has 0 bridgehead atoms. The van der Waals surface area contributed by atoms with Crippen LogP contribution in [0.25, 0.3) is 0 Å². The molecule has 0 heterocycles. The lowest BCUT2D eigenvalue weighted by Gasteiger charge is -2.22. The van der Waals surface area contributed by atoms with Gasteiger partial charge in [0.15, 0.2) is 5.78 Å². The Morgan fingerprint density at radius 3 is 2.18 bits per heavy atom. The Labute approximate surface area is 131 Å². The van der Waals surface area contributed by atoms with Gasteiger partial charge in [0, 0.05) is 24.3 Å². The summed E-state index contributed by atoms with van der Waals surface area (Å²) in [5, 5.41) is 3.50. The summed E-state index contributed by atoms with van der Waals surface area (Å²) < 4.78 is 21.2. The van der Waals surface area contributed by atoms with Crippen molar-refractivity contribution in [1.29, 1.82) is 0 Å². The first-order valence-corrected chi connectivity index (χ1v) is 9.17. The molecule has 0 aromatic carbocycles. The summed E-state index contributed by atoms with van der Waals surface area (Å²) in [6.45, 7) is 5.08. The number of carbonyl (C=O) groups excluding carboxylic acids is 3. The largest absolute Gasteiger partial charge is 0.467 e. The van der Waals surface area contributed by atoms with Crippen LogP contribution in [0.2, 0.25) is 0 Å². The summed E-state index contributed by atoms with van der Waals surface area (Å²) in [4.78, 5) is 35.0. The third-order valence-electron chi connectivity index (χ3n) is 2.27. The predicted molar refractivity (Wildman–Crippen MR) is 85.5 cm³/mol. The maximum atomic E-state index is 11.7. The highest BCUT2D eigenvalue weighted by Crippen LogP contribution is 2.08. The van der Waals surface area contributed by atoms with Crippen LogP contribution >= 0.6 is 0 Å². The van der Waals surface area contributed by atoms with E-state index in [1.165, 1.54) is 19.6 Å². The van der Waals surface area contributed by atoms with Crippen LogP contribution in [0.3, 0.4) is 0 Å². The topological polar surface area (TPSA) is 98.8 Å². The van der Waals surface area contributed by atoms with Gasteiger partial charge in [-0.25, -0.2) is 9.59 Å². The molecule has 22 heavy (non-hydrogen) atoms. The van der Waals surface area contributed by atoms with Crippen molar-refractivity contribution in [3.63, 3.8) is 0 Å². The van der Waals surface area contributed by atoms with Crippen molar-refractivity contribution in [1.82, 2.24) is 5.32 Å². The third-order valence-corrected chi connectivity index (χ3v) is 3.10. The van der Waals surface area contributed by atoms with E-state index in [0.29, 0.717) is 0 Å². The Balaban J connectivity index is 4.75. The first-order valence-electron chi connectivity index (χ1n) is 6.73. The highest BCUT2D eigenvalue weighted by Gasteiger charge is 2.25. The van der Waals surface area contributed by atoms with E-state index in [0.717, 1.165) is 5.37 Å². The van der Waals surface area contributed by atoms with E-state index in [9.17, 15) is 18.6 Å². The van der Waals surface area contributed by atoms with Gasteiger partial charge in [0.1, 0.15) is 11.6 Å². The summed E-state index contributed by atoms with van der Waals surface area (Å²) in [5.74, 6) is -1.03. The van der Waals surface area contributed by atoms with E-state index in [4.69, 9.17) is 4.74 Å². The summed E-state index contributed by atoms with van der Waals surface area (Å²) in [6, 6.07) is -0.998. The van der Waals surface area contributed by atoms with Crippen molar-refractivity contribution in [2.45, 2.75) is 45.3 Å². The number of amides is 1. The van der Waals surface area contributed by atoms with Gasteiger partial charge in [0.25, 0.3) is 0 Å². The Kier molecular flexibility index (Phi) is 7.58. The SMILES string of the molecule is COC(=O)[C@H](CCC(=O)C=S(C)(C)=O)NC(=O)OC(C)(C)C. The van der Waals surface area contributed by atoms with Crippen LogP contribution in [0.15, 0.2) is 0 Å². The fraction of sp³-hybridized carbons (Fsp3) is 0.714. The van der Waals surface area contributed by atoms with Gasteiger partial charge in [-0.2, -0.15) is 0 Å². The van der Waals surface area contributed by atoms with E-state index < -0.39 is 33.2 Å². The van der Waals surface area contributed by atoms with Crippen molar-refractivity contribution in [3.8, 4) is 0 Å². The van der Waals surface area contributed by atoms with Crippen LogP contribution in [0.1, 0.15) is 33.6 Å². The smallest absolute Gasteiger partial charge is 0.408 e. The van der Waals surface area contributed by atoms with Crippen LogP contribution in [-0.2, 0) is 28.6 Å². The van der Waals surface area contributed by atoms with E-state index in [2.05, 4.69) is 10.1 Å². The molecule has 0 saturated heterocycles. The van der Waals surface area contributed by atoms with Crippen molar-refractivity contribution < 1.29 is 28.1 Å². The normalized spacial score (nSPS) is 13.0. The number of carbonyl (C=O) groups is 3. The molecule has 0 aliphatic heterocycles. The van der Waals surface area contributed by atoms with Gasteiger partial charge >= 0.3 is 12.1 Å². The zero-order valence-electron chi connectivity index (χ0n) is 13.9. The molecule has 0 aliphatic rings. The summed E-state index contributed by atoms with van der Waals surface area (Å²) >= 11 is 0. The molecule has 0 aromatic heterocycles. The number of alkyl carbamates (subject to hydrolysis) is 1. The van der Waals surface area contributed by atoms with E-state index >= 15 is 0 Å². The first kappa shape index (κ1) is 20.4. The molecule has 0 saturated carbocycles. The monoisotopic (exact) mass is 335 g/mol. The number of rotatable bonds is 6. The minimum Gasteiger partial charge on any atom is -0.467 e. The van der Waals surface area contributed by atoms with Crippen molar-refractivity contribution in [2.24, 2.45) is 0 Å². The lowest BCUT2D eigenvalue weighted by Crippen LogP contribution is -2.44. The van der Waals surface area contributed by atoms with Crippen LogP contribution in [0, 0.1) is 0 Å². The van der Waals surface area contributed by atoms with Crippen LogP contribution < -0.4 is 5.32 Å². The molecule has 0 rings (SSSR count). The molecular weight excluding hydrogens is 310 g/mol. The maximum absolute atomic E-state index is 11.7. The molecule has 0 radical (unpaired) electrons. The highest BCUT2D eigenvalue weighted by molar-refractivity contribution is 8.01. The molecule has 1 amide bonds. The number of hydrogen-bond donors (Lipinski definition) is 1. The molecule has 0 aliphatic carbocycles. The van der Waals surface area contributed by atoms with E-state index in [-0.39, 0.29) is 18.6 Å². The summed E-state index contributed by atoms with van der Waals surface area (Å²) in [5.41, 5.74) is -0.704. The number of methoxy groups -OCH3 is 1. The van der Waals surface area contributed by atoms with Crippen molar-refractivity contribution in [3.05, 3.63) is 0 Å². The van der Waals surface area contributed by atoms with Crippen molar-refractivity contribution >= 4 is 32.7 Å². The first-order chi connectivity index (χ1) is 9.84. The molecule has 0 fully saturated rings. The number of Topliss-reactive ketones (excluding diaryl/α,β-unsaturated/α-hetero) is 1. The maximum Gasteiger partial charge on any atom is 0.408 e. The molecule has 1 atom stereocenters. The standard InChI is InChI=1S/C14H25NO6S/c1-14(2,3)21-13(18)15-11(12(17)20-4)8-7-10(16)9-22(5,6)19/h9,11H,7-8H2,1-6H3,(H,15,18)/t11-/m0/s1. The number of ketones is 1. The Hall–Kier alpha value is -1.57. The highest BCUT2D eigenvalue weighted by atomic mass is 32.2. The molecule has 0 unspecified atom stereocenters. The lowest BCUT2D eigenvalue weighted by atomic mass is 10.1. The number of esters is 1. The van der Waals surface area contributed by atoms with Gasteiger partial charge in [-0.1, -0.05) is 0 Å². The Morgan fingerprint density at radius 1 is 1.23 bits per heavy atom. The molecule has 7 nitrogen and oxygen atoms in total. The molecule has 1 N–H and O–H groups in total. The average molecular weight is 335 g/mol. The minimum atomic E-state index is -2.30. The fourth-order valence-electron chi connectivity index (χ4n) is 1.50. The molecule has 128 valence electrons. The van der Waals surface area contributed by atoms with Gasteiger partial charge in [0.05, 0.1) is 7.11 Å². The second kappa shape index (κ2) is 8.17. The number of nitrogens with one attached hydrogen (secondary N) is 1.